The quantitative estimate of drug-likeness (QED) is 0.767. The molecule has 0 radical (unpaired) electrons. The molecule has 8 heteroatoms. The molecule has 0 unspecified atom stereocenters. The summed E-state index contributed by atoms with van der Waals surface area (Å²) in [5.41, 5.74) is -0.0662. The smallest absolute Gasteiger partial charge is 0.366 e. The Kier molecular flexibility index (Phi) is 5.32. The first kappa shape index (κ1) is 17.8. The minimum atomic E-state index is -4.52. The van der Waals surface area contributed by atoms with E-state index in [-0.39, 0.29) is 17.8 Å². The van der Waals surface area contributed by atoms with E-state index in [0.29, 0.717) is 11.6 Å². The van der Waals surface area contributed by atoms with Crippen LogP contribution in [0.15, 0.2) is 30.3 Å². The Labute approximate surface area is 148 Å². The van der Waals surface area contributed by atoms with E-state index in [9.17, 15) is 13.2 Å². The number of rotatable bonds is 5. The van der Waals surface area contributed by atoms with Gasteiger partial charge in [-0.3, -0.25) is 0 Å². The molecular weight excluding hydrogens is 353 g/mol. The monoisotopic (exact) mass is 370 g/mol. The van der Waals surface area contributed by atoms with Gasteiger partial charge in [-0.15, -0.1) is 0 Å². The zero-order valence-corrected chi connectivity index (χ0v) is 14.2. The van der Waals surface area contributed by atoms with Crippen molar-refractivity contribution in [2.45, 2.75) is 44.4 Å². The van der Waals surface area contributed by atoms with E-state index in [0.717, 1.165) is 37.3 Å². The number of halogens is 4. The van der Waals surface area contributed by atoms with Crippen LogP contribution in [0.4, 0.5) is 24.9 Å². The lowest BCUT2D eigenvalue weighted by Gasteiger charge is -2.15. The van der Waals surface area contributed by atoms with Crippen LogP contribution in [-0.2, 0) is 12.7 Å². The SMILES string of the molecule is FC(F)(F)c1cc(NCc2ccc(Cl)cc2)nc(NC2CCCC2)n1. The first-order valence-electron chi connectivity index (χ1n) is 8.11. The number of nitrogens with one attached hydrogen (secondary N) is 2. The van der Waals surface area contributed by atoms with Gasteiger partial charge in [-0.2, -0.15) is 18.2 Å². The molecule has 1 saturated carbocycles. The van der Waals surface area contributed by atoms with Crippen LogP contribution < -0.4 is 10.6 Å². The first-order chi connectivity index (χ1) is 11.9. The van der Waals surface area contributed by atoms with Gasteiger partial charge in [-0.1, -0.05) is 36.6 Å². The van der Waals surface area contributed by atoms with Gasteiger partial charge in [0.25, 0.3) is 0 Å². The Morgan fingerprint density at radius 3 is 2.40 bits per heavy atom. The largest absolute Gasteiger partial charge is 0.433 e. The summed E-state index contributed by atoms with van der Waals surface area (Å²) < 4.78 is 39.3. The highest BCUT2D eigenvalue weighted by molar-refractivity contribution is 6.30. The molecule has 0 spiro atoms. The maximum absolute atomic E-state index is 13.1. The lowest BCUT2D eigenvalue weighted by Crippen LogP contribution is -2.19. The summed E-state index contributed by atoms with van der Waals surface area (Å²) in [6.45, 7) is 0.342. The number of hydrogen-bond donors (Lipinski definition) is 2. The third-order valence-corrected chi connectivity index (χ3v) is 4.34. The molecule has 0 amide bonds. The third-order valence-electron chi connectivity index (χ3n) is 4.09. The van der Waals surface area contributed by atoms with Gasteiger partial charge < -0.3 is 10.6 Å². The molecule has 4 nitrogen and oxygen atoms in total. The fourth-order valence-corrected chi connectivity index (χ4v) is 2.92. The second kappa shape index (κ2) is 7.47. The van der Waals surface area contributed by atoms with Crippen molar-refractivity contribution in [2.75, 3.05) is 10.6 Å². The minimum Gasteiger partial charge on any atom is -0.366 e. The van der Waals surface area contributed by atoms with Crippen molar-refractivity contribution in [3.63, 3.8) is 0 Å². The van der Waals surface area contributed by atoms with Crippen LogP contribution in [0.3, 0.4) is 0 Å². The number of anilines is 2. The molecule has 2 aromatic rings. The molecule has 0 aliphatic heterocycles. The van der Waals surface area contributed by atoms with Gasteiger partial charge in [0.2, 0.25) is 5.95 Å². The third kappa shape index (κ3) is 4.98. The van der Waals surface area contributed by atoms with E-state index in [1.165, 1.54) is 0 Å². The lowest BCUT2D eigenvalue weighted by atomic mass is 10.2. The van der Waals surface area contributed by atoms with Gasteiger partial charge in [0.15, 0.2) is 5.69 Å². The summed E-state index contributed by atoms with van der Waals surface area (Å²) in [6.07, 6.45) is -0.539. The Balaban J connectivity index is 1.77. The molecule has 0 atom stereocenters. The Morgan fingerprint density at radius 2 is 1.76 bits per heavy atom. The van der Waals surface area contributed by atoms with E-state index < -0.39 is 11.9 Å². The summed E-state index contributed by atoms with van der Waals surface area (Å²) in [7, 11) is 0. The van der Waals surface area contributed by atoms with Gasteiger partial charge in [0, 0.05) is 23.7 Å². The minimum absolute atomic E-state index is 0.0142. The van der Waals surface area contributed by atoms with E-state index in [1.54, 1.807) is 24.3 Å². The van der Waals surface area contributed by atoms with E-state index in [1.807, 2.05) is 0 Å². The zero-order valence-electron chi connectivity index (χ0n) is 13.4. The predicted molar refractivity (Wildman–Crippen MR) is 91.7 cm³/mol. The molecule has 1 fully saturated rings. The average molecular weight is 371 g/mol. The maximum Gasteiger partial charge on any atom is 0.433 e. The number of hydrogen-bond acceptors (Lipinski definition) is 4. The molecular formula is C17H18ClF3N4. The second-order valence-corrected chi connectivity index (χ2v) is 6.50. The standard InChI is InChI=1S/C17H18ClF3N4/c18-12-7-5-11(6-8-12)10-22-15-9-14(17(19,20)21)24-16(25-15)23-13-3-1-2-4-13/h5-9,13H,1-4,10H2,(H2,22,23,24,25). The van der Waals surface area contributed by atoms with Gasteiger partial charge in [-0.05, 0) is 30.5 Å². The van der Waals surface area contributed by atoms with Gasteiger partial charge in [0.1, 0.15) is 5.82 Å². The molecule has 1 heterocycles. The predicted octanol–water partition coefficient (Wildman–Crippen LogP) is 5.12. The van der Waals surface area contributed by atoms with Crippen LogP contribution in [-0.4, -0.2) is 16.0 Å². The highest BCUT2D eigenvalue weighted by atomic mass is 35.5. The number of aromatic nitrogens is 2. The average Bonchev–Trinajstić information content (AvgIpc) is 3.06. The number of benzene rings is 1. The summed E-state index contributed by atoms with van der Waals surface area (Å²) in [4.78, 5) is 7.81. The van der Waals surface area contributed by atoms with Crippen LogP contribution in [0, 0.1) is 0 Å². The fourth-order valence-electron chi connectivity index (χ4n) is 2.80. The van der Waals surface area contributed by atoms with Crippen LogP contribution in [0.25, 0.3) is 0 Å². The molecule has 0 saturated heterocycles. The van der Waals surface area contributed by atoms with Crippen molar-refractivity contribution in [2.24, 2.45) is 0 Å². The second-order valence-electron chi connectivity index (χ2n) is 6.07. The molecule has 2 N–H and O–H groups in total. The van der Waals surface area contributed by atoms with Crippen molar-refractivity contribution in [3.8, 4) is 0 Å². The highest BCUT2D eigenvalue weighted by Gasteiger charge is 2.34. The summed E-state index contributed by atoms with van der Waals surface area (Å²) in [5.74, 6) is 0.151. The van der Waals surface area contributed by atoms with E-state index >= 15 is 0 Å². The van der Waals surface area contributed by atoms with Gasteiger partial charge in [0.05, 0.1) is 0 Å². The van der Waals surface area contributed by atoms with Crippen molar-refractivity contribution >= 4 is 23.4 Å². The number of nitrogens with zero attached hydrogens (tertiary/aromatic N) is 2. The molecule has 0 bridgehead atoms. The number of alkyl halides is 3. The van der Waals surface area contributed by atoms with Gasteiger partial charge >= 0.3 is 6.18 Å². The topological polar surface area (TPSA) is 49.8 Å². The fraction of sp³-hybridized carbons (Fsp3) is 0.412. The van der Waals surface area contributed by atoms with Crippen molar-refractivity contribution < 1.29 is 13.2 Å². The van der Waals surface area contributed by atoms with Crippen molar-refractivity contribution in [3.05, 3.63) is 46.6 Å². The molecule has 25 heavy (non-hydrogen) atoms. The van der Waals surface area contributed by atoms with E-state index in [4.69, 9.17) is 11.6 Å². The highest BCUT2D eigenvalue weighted by Crippen LogP contribution is 2.30. The molecule has 3 rings (SSSR count). The van der Waals surface area contributed by atoms with Crippen LogP contribution in [0.1, 0.15) is 36.9 Å². The van der Waals surface area contributed by atoms with Gasteiger partial charge in [-0.25, -0.2) is 4.98 Å². The van der Waals surface area contributed by atoms with Crippen molar-refractivity contribution in [1.29, 1.82) is 0 Å². The normalized spacial score (nSPS) is 15.4. The molecule has 1 aromatic heterocycles. The van der Waals surface area contributed by atoms with Crippen LogP contribution in [0.2, 0.25) is 5.02 Å². The molecule has 1 aliphatic rings. The molecule has 134 valence electrons. The Morgan fingerprint density at radius 1 is 1.08 bits per heavy atom. The summed E-state index contributed by atoms with van der Waals surface area (Å²) >= 11 is 5.83. The molecule has 1 aliphatic carbocycles. The summed E-state index contributed by atoms with van der Waals surface area (Å²) in [5, 5.41) is 6.55. The van der Waals surface area contributed by atoms with Crippen molar-refractivity contribution in [1.82, 2.24) is 9.97 Å². The lowest BCUT2D eigenvalue weighted by molar-refractivity contribution is -0.141. The summed E-state index contributed by atoms with van der Waals surface area (Å²) in [6, 6.07) is 8.13. The van der Waals surface area contributed by atoms with E-state index in [2.05, 4.69) is 20.6 Å². The maximum atomic E-state index is 13.1. The first-order valence-corrected chi connectivity index (χ1v) is 8.49. The van der Waals surface area contributed by atoms with Crippen LogP contribution >= 0.6 is 11.6 Å². The Hall–Kier alpha value is -2.02. The zero-order chi connectivity index (χ0) is 17.9. The Bertz CT molecular complexity index is 713. The molecule has 1 aromatic carbocycles. The van der Waals surface area contributed by atoms with Crippen LogP contribution in [0.5, 0.6) is 0 Å².